The summed E-state index contributed by atoms with van der Waals surface area (Å²) in [6.45, 7) is 0.392. The lowest BCUT2D eigenvalue weighted by Crippen LogP contribution is -2.06. The van der Waals surface area contributed by atoms with Crippen LogP contribution in [0.25, 0.3) is 6.08 Å². The number of hydrogen-bond donors (Lipinski definition) is 0. The molecular formula is C24H15BrClI2NO4. The summed E-state index contributed by atoms with van der Waals surface area (Å²) in [5.74, 6) is 0.729. The number of benzene rings is 3. The van der Waals surface area contributed by atoms with Crippen molar-refractivity contribution < 1.29 is 19.0 Å². The largest absolute Gasteiger partial charge is 0.493 e. The molecule has 0 amide bonds. The number of aliphatic imine (C=N–C) groups is 1. The molecule has 4 rings (SSSR count). The average molecular weight is 751 g/mol. The van der Waals surface area contributed by atoms with Gasteiger partial charge >= 0.3 is 5.97 Å². The van der Waals surface area contributed by atoms with Gasteiger partial charge in [0, 0.05) is 7.14 Å². The fraction of sp³-hybridized carbons (Fsp3) is 0.0833. The van der Waals surface area contributed by atoms with Gasteiger partial charge in [0.05, 0.1) is 22.2 Å². The number of ether oxygens (including phenoxy) is 3. The van der Waals surface area contributed by atoms with Crippen LogP contribution in [-0.4, -0.2) is 19.0 Å². The molecule has 0 saturated heterocycles. The van der Waals surface area contributed by atoms with Crippen LogP contribution in [0.15, 0.2) is 69.8 Å². The van der Waals surface area contributed by atoms with Gasteiger partial charge < -0.3 is 14.2 Å². The standard InChI is InChI=1S/C24H15BrClI2NO4/c1-31-21-10-14(8-18(25)22(21)32-12-13-3-2-4-15(27)7-13)9-20-24(30)33-23(29-20)17-11-16(28)5-6-19(17)26/h2-11H,12H2,1H3/b20-9-. The smallest absolute Gasteiger partial charge is 0.363 e. The highest BCUT2D eigenvalue weighted by atomic mass is 127. The summed E-state index contributed by atoms with van der Waals surface area (Å²) in [7, 11) is 1.57. The molecule has 0 aliphatic carbocycles. The minimum atomic E-state index is -0.547. The van der Waals surface area contributed by atoms with E-state index >= 15 is 0 Å². The average Bonchev–Trinajstić information content (AvgIpc) is 3.14. The predicted octanol–water partition coefficient (Wildman–Crippen LogP) is 7.24. The highest BCUT2D eigenvalue weighted by Gasteiger charge is 2.26. The molecule has 0 bridgehead atoms. The molecule has 0 aromatic heterocycles. The number of methoxy groups -OCH3 is 1. The number of halogens is 4. The quantitative estimate of drug-likeness (QED) is 0.152. The Morgan fingerprint density at radius 3 is 2.67 bits per heavy atom. The van der Waals surface area contributed by atoms with Crippen molar-refractivity contribution in [3.05, 3.63) is 93.6 Å². The molecule has 1 aliphatic rings. The Morgan fingerprint density at radius 2 is 1.91 bits per heavy atom. The number of carbonyl (C=O) groups is 1. The van der Waals surface area contributed by atoms with E-state index in [2.05, 4.69) is 72.2 Å². The Bertz CT molecular complexity index is 1310. The molecule has 3 aromatic carbocycles. The zero-order valence-electron chi connectivity index (χ0n) is 17.1. The van der Waals surface area contributed by atoms with Gasteiger partial charge in [-0.05, 0) is 121 Å². The summed E-state index contributed by atoms with van der Waals surface area (Å²) in [6.07, 6.45) is 1.63. The van der Waals surface area contributed by atoms with Crippen LogP contribution in [0.2, 0.25) is 5.02 Å². The Hall–Kier alpha value is -1.63. The van der Waals surface area contributed by atoms with Crippen molar-refractivity contribution in [1.29, 1.82) is 0 Å². The van der Waals surface area contributed by atoms with Gasteiger partial charge in [0.1, 0.15) is 6.61 Å². The Morgan fingerprint density at radius 1 is 1.12 bits per heavy atom. The molecule has 0 spiro atoms. The lowest BCUT2D eigenvalue weighted by Gasteiger charge is -2.14. The van der Waals surface area contributed by atoms with E-state index in [9.17, 15) is 4.79 Å². The van der Waals surface area contributed by atoms with E-state index in [0.29, 0.717) is 38.7 Å². The third-order valence-corrected chi connectivity index (χ3v) is 6.87. The highest BCUT2D eigenvalue weighted by molar-refractivity contribution is 14.1. The van der Waals surface area contributed by atoms with Crippen LogP contribution in [0.5, 0.6) is 11.5 Å². The van der Waals surface area contributed by atoms with Crippen molar-refractivity contribution >= 4 is 90.7 Å². The van der Waals surface area contributed by atoms with Gasteiger partial charge in [-0.1, -0.05) is 23.7 Å². The van der Waals surface area contributed by atoms with Crippen molar-refractivity contribution in [2.45, 2.75) is 6.61 Å². The topological polar surface area (TPSA) is 57.1 Å². The molecule has 0 atom stereocenters. The van der Waals surface area contributed by atoms with Gasteiger partial charge in [0.25, 0.3) is 0 Å². The molecule has 0 fully saturated rings. The number of hydrogen-bond acceptors (Lipinski definition) is 5. The summed E-state index contributed by atoms with van der Waals surface area (Å²) < 4.78 is 19.7. The molecule has 3 aromatic rings. The van der Waals surface area contributed by atoms with Crippen LogP contribution >= 0.6 is 72.7 Å². The number of cyclic esters (lactones) is 1. The van der Waals surface area contributed by atoms with Gasteiger partial charge in [0.15, 0.2) is 17.2 Å². The molecule has 0 radical (unpaired) electrons. The first-order valence-electron chi connectivity index (χ1n) is 9.57. The molecule has 1 aliphatic heterocycles. The Balaban J connectivity index is 1.61. The minimum absolute atomic E-state index is 0.168. The van der Waals surface area contributed by atoms with Crippen molar-refractivity contribution in [1.82, 2.24) is 0 Å². The fourth-order valence-corrected chi connectivity index (χ4v) is 4.96. The van der Waals surface area contributed by atoms with E-state index < -0.39 is 5.97 Å². The monoisotopic (exact) mass is 749 g/mol. The molecule has 0 N–H and O–H groups in total. The maximum Gasteiger partial charge on any atom is 0.363 e. The molecule has 1 heterocycles. The Labute approximate surface area is 231 Å². The summed E-state index contributed by atoms with van der Waals surface area (Å²) in [4.78, 5) is 16.8. The number of esters is 1. The van der Waals surface area contributed by atoms with Gasteiger partial charge in [-0.15, -0.1) is 0 Å². The molecule has 0 unspecified atom stereocenters. The first kappa shape index (κ1) is 24.5. The molecule has 5 nitrogen and oxygen atoms in total. The van der Waals surface area contributed by atoms with Gasteiger partial charge in [-0.25, -0.2) is 9.79 Å². The van der Waals surface area contributed by atoms with Gasteiger partial charge in [-0.3, -0.25) is 0 Å². The summed E-state index contributed by atoms with van der Waals surface area (Å²) >= 11 is 14.2. The van der Waals surface area contributed by atoms with E-state index in [-0.39, 0.29) is 11.6 Å². The zero-order chi connectivity index (χ0) is 23.5. The molecule has 9 heteroatoms. The van der Waals surface area contributed by atoms with E-state index in [4.69, 9.17) is 25.8 Å². The third kappa shape index (κ3) is 5.90. The highest BCUT2D eigenvalue weighted by Crippen LogP contribution is 2.38. The third-order valence-electron chi connectivity index (χ3n) is 4.61. The number of carbonyl (C=O) groups excluding carboxylic acids is 1. The second-order valence-corrected chi connectivity index (χ2v) is 10.7. The van der Waals surface area contributed by atoms with Crippen LogP contribution in [0.3, 0.4) is 0 Å². The number of nitrogens with zero attached hydrogens (tertiary/aromatic N) is 1. The van der Waals surface area contributed by atoms with Crippen molar-refractivity contribution in [3.63, 3.8) is 0 Å². The SMILES string of the molecule is COc1cc(/C=C2\N=C(c3cc(I)ccc3Cl)OC2=O)cc(Br)c1OCc1cccc(I)c1. The normalized spacial score (nSPS) is 14.3. The van der Waals surface area contributed by atoms with Crippen LogP contribution in [0.4, 0.5) is 0 Å². The first-order chi connectivity index (χ1) is 15.8. The number of rotatable bonds is 6. The molecule has 168 valence electrons. The van der Waals surface area contributed by atoms with Gasteiger partial charge in [0.2, 0.25) is 5.90 Å². The first-order valence-corrected chi connectivity index (χ1v) is 12.9. The zero-order valence-corrected chi connectivity index (χ0v) is 23.7. The minimum Gasteiger partial charge on any atom is -0.493 e. The van der Waals surface area contributed by atoms with E-state index in [1.807, 2.05) is 36.4 Å². The maximum atomic E-state index is 12.4. The van der Waals surface area contributed by atoms with Crippen LogP contribution in [0.1, 0.15) is 16.7 Å². The second-order valence-electron chi connectivity index (χ2n) is 6.91. The molecule has 33 heavy (non-hydrogen) atoms. The van der Waals surface area contributed by atoms with Crippen LogP contribution in [-0.2, 0) is 16.1 Å². The van der Waals surface area contributed by atoms with Crippen LogP contribution < -0.4 is 9.47 Å². The lowest BCUT2D eigenvalue weighted by molar-refractivity contribution is -0.129. The fourth-order valence-electron chi connectivity index (χ4n) is 3.09. The van der Waals surface area contributed by atoms with E-state index in [1.165, 1.54) is 0 Å². The Kier molecular flexibility index (Phi) is 7.98. The van der Waals surface area contributed by atoms with Crippen molar-refractivity contribution in [3.8, 4) is 11.5 Å². The lowest BCUT2D eigenvalue weighted by atomic mass is 10.1. The van der Waals surface area contributed by atoms with Crippen molar-refractivity contribution in [2.24, 2.45) is 4.99 Å². The second kappa shape index (κ2) is 10.7. The van der Waals surface area contributed by atoms with Crippen LogP contribution in [0, 0.1) is 7.14 Å². The summed E-state index contributed by atoms with van der Waals surface area (Å²) in [6, 6.07) is 17.1. The summed E-state index contributed by atoms with van der Waals surface area (Å²) in [5, 5.41) is 0.460. The predicted molar refractivity (Wildman–Crippen MR) is 149 cm³/mol. The molecular weight excluding hydrogens is 735 g/mol. The van der Waals surface area contributed by atoms with E-state index in [1.54, 1.807) is 25.3 Å². The van der Waals surface area contributed by atoms with Crippen molar-refractivity contribution in [2.75, 3.05) is 7.11 Å². The van der Waals surface area contributed by atoms with E-state index in [0.717, 1.165) is 12.7 Å². The summed E-state index contributed by atoms with van der Waals surface area (Å²) in [5.41, 5.74) is 2.48. The maximum absolute atomic E-state index is 12.4. The van der Waals surface area contributed by atoms with Gasteiger partial charge in [-0.2, -0.15) is 0 Å². The molecule has 0 saturated carbocycles.